The molecule has 0 saturated heterocycles. The first-order valence-corrected chi connectivity index (χ1v) is 5.70. The van der Waals surface area contributed by atoms with Crippen molar-refractivity contribution < 1.29 is 14.6 Å². The van der Waals surface area contributed by atoms with Gasteiger partial charge in [-0.1, -0.05) is 12.1 Å². The molecule has 84 valence electrons. The van der Waals surface area contributed by atoms with Gasteiger partial charge in [0, 0.05) is 9.58 Å². The molecule has 1 heterocycles. The van der Waals surface area contributed by atoms with E-state index in [9.17, 15) is 9.90 Å². The molecule has 0 spiro atoms. The van der Waals surface area contributed by atoms with Crippen molar-refractivity contribution in [2.75, 3.05) is 7.11 Å². The molecule has 2 aromatic rings. The van der Waals surface area contributed by atoms with Crippen molar-refractivity contribution in [2.45, 2.75) is 13.0 Å². The van der Waals surface area contributed by atoms with Gasteiger partial charge < -0.3 is 9.84 Å². The number of ether oxygens (including phenoxy) is 1. The molecule has 16 heavy (non-hydrogen) atoms. The van der Waals surface area contributed by atoms with E-state index in [-0.39, 0.29) is 0 Å². The molecule has 2 rings (SSSR count). The lowest BCUT2D eigenvalue weighted by Crippen LogP contribution is -2.11. The molecule has 1 unspecified atom stereocenters. The molecule has 0 radical (unpaired) electrons. The fourth-order valence-corrected chi connectivity index (χ4v) is 2.70. The van der Waals surface area contributed by atoms with Crippen LogP contribution in [0.15, 0.2) is 24.3 Å². The van der Waals surface area contributed by atoms with Crippen molar-refractivity contribution in [2.24, 2.45) is 0 Å². The summed E-state index contributed by atoms with van der Waals surface area (Å²) in [6.45, 7) is 2.00. The Morgan fingerprint density at radius 3 is 2.88 bits per heavy atom. The van der Waals surface area contributed by atoms with Gasteiger partial charge in [-0.15, -0.1) is 11.3 Å². The molecule has 0 aliphatic rings. The Labute approximate surface area is 97.3 Å². The number of fused-ring (bicyclic) bond motifs is 1. The lowest BCUT2D eigenvalue weighted by Gasteiger charge is -2.04. The Balaban J connectivity index is 2.47. The van der Waals surface area contributed by atoms with Gasteiger partial charge in [-0.3, -0.25) is 0 Å². The predicted octanol–water partition coefficient (Wildman–Crippen LogP) is 2.42. The third-order valence-electron chi connectivity index (χ3n) is 2.49. The van der Waals surface area contributed by atoms with Gasteiger partial charge in [0.25, 0.3) is 0 Å². The van der Waals surface area contributed by atoms with Crippen molar-refractivity contribution in [1.29, 1.82) is 0 Å². The monoisotopic (exact) mass is 236 g/mol. The molecule has 0 saturated carbocycles. The lowest BCUT2D eigenvalue weighted by atomic mass is 10.1. The first kappa shape index (κ1) is 11.1. The van der Waals surface area contributed by atoms with Crippen LogP contribution in [0.2, 0.25) is 0 Å². The average Bonchev–Trinajstić information content (AvgIpc) is 2.72. The summed E-state index contributed by atoms with van der Waals surface area (Å²) in [7, 11) is 1.27. The van der Waals surface area contributed by atoms with Gasteiger partial charge in [-0.05, 0) is 30.0 Å². The second-order valence-corrected chi connectivity index (χ2v) is 4.68. The number of thiophene rings is 1. The van der Waals surface area contributed by atoms with Crippen LogP contribution < -0.4 is 0 Å². The van der Waals surface area contributed by atoms with E-state index in [1.807, 2.05) is 31.2 Å². The minimum Gasteiger partial charge on any atom is -0.467 e. The zero-order chi connectivity index (χ0) is 11.7. The highest BCUT2D eigenvalue weighted by Crippen LogP contribution is 2.32. The van der Waals surface area contributed by atoms with Crippen molar-refractivity contribution >= 4 is 27.4 Å². The van der Waals surface area contributed by atoms with Gasteiger partial charge >= 0.3 is 5.97 Å². The number of aryl methyl sites for hydroxylation is 1. The van der Waals surface area contributed by atoms with Gasteiger partial charge in [0.2, 0.25) is 0 Å². The lowest BCUT2D eigenvalue weighted by molar-refractivity contribution is -0.150. The number of benzene rings is 1. The van der Waals surface area contributed by atoms with E-state index in [1.54, 1.807) is 0 Å². The molecular weight excluding hydrogens is 224 g/mol. The molecule has 1 N–H and O–H groups in total. The number of aliphatic hydroxyl groups excluding tert-OH is 1. The molecule has 0 aliphatic carbocycles. The molecule has 0 fully saturated rings. The summed E-state index contributed by atoms with van der Waals surface area (Å²) in [5.74, 6) is -0.621. The highest BCUT2D eigenvalue weighted by atomic mass is 32.1. The van der Waals surface area contributed by atoms with Gasteiger partial charge in [0.15, 0.2) is 6.10 Å². The van der Waals surface area contributed by atoms with Gasteiger partial charge in [-0.25, -0.2) is 4.79 Å². The van der Waals surface area contributed by atoms with E-state index >= 15 is 0 Å². The number of methoxy groups -OCH3 is 1. The number of aliphatic hydroxyl groups is 1. The normalized spacial score (nSPS) is 12.7. The second-order valence-electron chi connectivity index (χ2n) is 3.56. The first-order chi connectivity index (χ1) is 7.63. The molecule has 1 atom stereocenters. The van der Waals surface area contributed by atoms with E-state index in [4.69, 9.17) is 0 Å². The zero-order valence-corrected chi connectivity index (χ0v) is 9.88. The number of carbonyl (C=O) groups excluding carboxylic acids is 1. The number of hydrogen-bond donors (Lipinski definition) is 1. The number of esters is 1. The topological polar surface area (TPSA) is 46.5 Å². The molecule has 0 amide bonds. The SMILES string of the molecule is COC(=O)C(O)c1cc2c(C)cccc2s1. The van der Waals surface area contributed by atoms with Crippen LogP contribution in [0.1, 0.15) is 16.5 Å². The third kappa shape index (κ3) is 1.81. The summed E-state index contributed by atoms with van der Waals surface area (Å²) >= 11 is 1.41. The van der Waals surface area contributed by atoms with Crippen LogP contribution in [-0.2, 0) is 9.53 Å². The van der Waals surface area contributed by atoms with Crippen molar-refractivity contribution in [3.8, 4) is 0 Å². The maximum absolute atomic E-state index is 11.2. The largest absolute Gasteiger partial charge is 0.467 e. The molecule has 1 aromatic heterocycles. The van der Waals surface area contributed by atoms with Crippen LogP contribution in [0.25, 0.3) is 10.1 Å². The molecular formula is C12H12O3S. The summed E-state index contributed by atoms with van der Waals surface area (Å²) in [5.41, 5.74) is 1.14. The standard InChI is InChI=1S/C12H12O3S/c1-7-4-3-5-9-8(7)6-10(16-9)11(13)12(14)15-2/h3-6,11,13H,1-2H3. The maximum Gasteiger partial charge on any atom is 0.340 e. The van der Waals surface area contributed by atoms with E-state index in [0.717, 1.165) is 15.6 Å². The minimum absolute atomic E-state index is 0.621. The summed E-state index contributed by atoms with van der Waals surface area (Å²) in [6, 6.07) is 7.78. The molecule has 4 heteroatoms. The van der Waals surface area contributed by atoms with Gasteiger partial charge in [-0.2, -0.15) is 0 Å². The highest BCUT2D eigenvalue weighted by molar-refractivity contribution is 7.19. The quantitative estimate of drug-likeness (QED) is 0.814. The van der Waals surface area contributed by atoms with E-state index in [0.29, 0.717) is 4.88 Å². The fourth-order valence-electron chi connectivity index (χ4n) is 1.59. The van der Waals surface area contributed by atoms with E-state index in [1.165, 1.54) is 18.4 Å². The highest BCUT2D eigenvalue weighted by Gasteiger charge is 2.20. The number of carbonyl (C=O) groups is 1. The van der Waals surface area contributed by atoms with E-state index < -0.39 is 12.1 Å². The molecule has 0 aliphatic heterocycles. The molecule has 3 nitrogen and oxygen atoms in total. The molecule has 1 aromatic carbocycles. The molecule has 0 bridgehead atoms. The average molecular weight is 236 g/mol. The predicted molar refractivity (Wildman–Crippen MR) is 63.5 cm³/mol. The van der Waals surface area contributed by atoms with Gasteiger partial charge in [0.1, 0.15) is 0 Å². The number of rotatable bonds is 2. The second kappa shape index (κ2) is 4.23. The Morgan fingerprint density at radius 2 is 2.25 bits per heavy atom. The Kier molecular flexibility index (Phi) is 2.94. The maximum atomic E-state index is 11.2. The summed E-state index contributed by atoms with van der Waals surface area (Å²) in [4.78, 5) is 11.8. The summed E-state index contributed by atoms with van der Waals surface area (Å²) < 4.78 is 5.58. The van der Waals surface area contributed by atoms with Crippen LogP contribution in [0, 0.1) is 6.92 Å². The van der Waals surface area contributed by atoms with Gasteiger partial charge in [0.05, 0.1) is 7.11 Å². The van der Waals surface area contributed by atoms with Crippen molar-refractivity contribution in [3.63, 3.8) is 0 Å². The summed E-state index contributed by atoms with van der Waals surface area (Å²) in [6.07, 6.45) is -1.18. The van der Waals surface area contributed by atoms with Crippen LogP contribution in [0.3, 0.4) is 0 Å². The third-order valence-corrected chi connectivity index (χ3v) is 3.65. The minimum atomic E-state index is -1.18. The first-order valence-electron chi connectivity index (χ1n) is 4.88. The zero-order valence-electron chi connectivity index (χ0n) is 9.06. The smallest absolute Gasteiger partial charge is 0.340 e. The van der Waals surface area contributed by atoms with Crippen molar-refractivity contribution in [1.82, 2.24) is 0 Å². The van der Waals surface area contributed by atoms with Crippen LogP contribution in [0.5, 0.6) is 0 Å². The Morgan fingerprint density at radius 1 is 1.50 bits per heavy atom. The van der Waals surface area contributed by atoms with Crippen LogP contribution in [0.4, 0.5) is 0 Å². The summed E-state index contributed by atoms with van der Waals surface area (Å²) in [5, 5.41) is 10.8. The Bertz CT molecular complexity index is 530. The number of hydrogen-bond acceptors (Lipinski definition) is 4. The van der Waals surface area contributed by atoms with Crippen LogP contribution in [-0.4, -0.2) is 18.2 Å². The van der Waals surface area contributed by atoms with E-state index in [2.05, 4.69) is 4.74 Å². The Hall–Kier alpha value is -1.39. The van der Waals surface area contributed by atoms with Crippen molar-refractivity contribution in [3.05, 3.63) is 34.7 Å². The fraction of sp³-hybridized carbons (Fsp3) is 0.250. The van der Waals surface area contributed by atoms with Crippen LogP contribution >= 0.6 is 11.3 Å².